The molecule has 5 atom stereocenters. The van der Waals surface area contributed by atoms with E-state index in [1.54, 1.807) is 19.0 Å². The number of aromatic nitrogens is 10. The molecule has 0 spiro atoms. The second-order valence-corrected chi connectivity index (χ2v) is 38.5. The molecule has 0 N–H and O–H groups in total. The Morgan fingerprint density at radius 2 is 0.565 bits per heavy atom. The summed E-state index contributed by atoms with van der Waals surface area (Å²) in [7, 11) is 0. The first-order valence-electron chi connectivity index (χ1n) is 48.4. The molecule has 0 radical (unpaired) electrons. The van der Waals surface area contributed by atoms with Gasteiger partial charge in [-0.05, 0) is 214 Å². The predicted molar refractivity (Wildman–Crippen MR) is 560 cm³/mol. The lowest BCUT2D eigenvalue weighted by molar-refractivity contribution is 0.588. The zero-order valence-electron chi connectivity index (χ0n) is 80.2. The number of aryl methyl sites for hydroxylation is 7. The largest absolute Gasteiger partial charge is 0.344 e. The fraction of sp³-hybridized carbons (Fsp3) is 0.220. The Morgan fingerprint density at radius 1 is 0.246 bits per heavy atom. The normalized spacial score (nSPS) is 17.0. The highest BCUT2D eigenvalue weighted by Crippen LogP contribution is 2.59. The first-order chi connectivity index (χ1) is 67.4. The summed E-state index contributed by atoms with van der Waals surface area (Å²) in [4.78, 5) is 71.7. The molecule has 0 saturated heterocycles. The Kier molecular flexibility index (Phi) is 21.9. The molecule has 0 fully saturated rings. The number of benzene rings is 12. The topological polar surface area (TPSA) is 161 Å². The van der Waals surface area contributed by atoms with Gasteiger partial charge >= 0.3 is 0 Å². The molecule has 17 aromatic rings. The lowest BCUT2D eigenvalue weighted by Crippen LogP contribution is -2.43. The molecular formula is C118H110N20. The van der Waals surface area contributed by atoms with Crippen LogP contribution in [0.3, 0.4) is 0 Å². The van der Waals surface area contributed by atoms with Crippen LogP contribution in [0.25, 0.3) is 33.8 Å². The number of hydrogen-bond donors (Lipinski definition) is 0. The fourth-order valence-corrected chi connectivity index (χ4v) is 23.2. The van der Waals surface area contributed by atoms with Gasteiger partial charge in [-0.3, -0.25) is 0 Å². The van der Waals surface area contributed by atoms with Gasteiger partial charge in [-0.15, -0.1) is 0 Å². The summed E-state index contributed by atoms with van der Waals surface area (Å²) < 4.78 is 0. The van der Waals surface area contributed by atoms with Crippen LogP contribution in [0.4, 0.5) is 109 Å². The van der Waals surface area contributed by atoms with Crippen molar-refractivity contribution in [3.63, 3.8) is 0 Å². The van der Waals surface area contributed by atoms with Crippen LogP contribution in [0, 0.1) is 48.5 Å². The van der Waals surface area contributed by atoms with Crippen molar-refractivity contribution >= 4 is 109 Å². The average Bonchev–Trinajstić information content (AvgIpc) is 1.50. The third kappa shape index (κ3) is 14.5. The zero-order valence-corrected chi connectivity index (χ0v) is 80.2. The van der Waals surface area contributed by atoms with E-state index in [1.165, 1.54) is 134 Å². The highest BCUT2D eigenvalue weighted by atomic mass is 15.5. The van der Waals surface area contributed by atoms with Crippen LogP contribution in [-0.4, -0.2) is 86.7 Å². The number of anilines is 19. The summed E-state index contributed by atoms with van der Waals surface area (Å²) in [5.74, 6) is 7.58. The Balaban J connectivity index is 0.0000000992. The van der Waals surface area contributed by atoms with E-state index in [4.69, 9.17) is 19.9 Å². The third-order valence-electron chi connectivity index (χ3n) is 28.8. The van der Waals surface area contributed by atoms with Crippen LogP contribution in [0.1, 0.15) is 131 Å². The number of hydrogen-bond acceptors (Lipinski definition) is 20. The van der Waals surface area contributed by atoms with Gasteiger partial charge in [-0.25, -0.2) is 49.8 Å². The Labute approximate surface area is 808 Å². The van der Waals surface area contributed by atoms with E-state index in [9.17, 15) is 0 Å². The van der Waals surface area contributed by atoms with Crippen molar-refractivity contribution in [1.82, 2.24) is 49.8 Å². The van der Waals surface area contributed by atoms with Gasteiger partial charge in [0.1, 0.15) is 66.9 Å². The second-order valence-electron chi connectivity index (χ2n) is 38.5. The molecule has 27 rings (SSSR count). The zero-order chi connectivity index (χ0) is 94.0. The van der Waals surface area contributed by atoms with Crippen LogP contribution >= 0.6 is 0 Å². The molecule has 682 valence electrons. The molecule has 0 aliphatic carbocycles. The van der Waals surface area contributed by atoms with Gasteiger partial charge in [0.2, 0.25) is 0 Å². The summed E-state index contributed by atoms with van der Waals surface area (Å²) in [6.45, 7) is 28.8. The smallest absolute Gasteiger partial charge is 0.179 e. The maximum absolute atomic E-state index is 5.59. The van der Waals surface area contributed by atoms with E-state index in [-0.39, 0.29) is 24.7 Å². The summed E-state index contributed by atoms with van der Waals surface area (Å²) >= 11 is 0. The van der Waals surface area contributed by atoms with E-state index in [1.807, 2.05) is 30.9 Å². The highest BCUT2D eigenvalue weighted by Gasteiger charge is 2.51. The fourth-order valence-electron chi connectivity index (χ4n) is 23.2. The molecule has 0 amide bonds. The van der Waals surface area contributed by atoms with Crippen molar-refractivity contribution in [3.8, 4) is 33.8 Å². The molecular weight excluding hydrogens is 1700 g/mol. The van der Waals surface area contributed by atoms with Crippen molar-refractivity contribution in [1.29, 1.82) is 0 Å². The van der Waals surface area contributed by atoms with Crippen LogP contribution in [0.15, 0.2) is 323 Å². The van der Waals surface area contributed by atoms with Crippen molar-refractivity contribution in [2.75, 3.05) is 49.0 Å². The van der Waals surface area contributed by atoms with E-state index in [0.29, 0.717) is 24.0 Å². The van der Waals surface area contributed by atoms with Crippen LogP contribution in [0.2, 0.25) is 0 Å². The molecule has 10 aliphatic heterocycles. The Hall–Kier alpha value is -16.0. The quantitative estimate of drug-likeness (QED) is 0.127. The van der Waals surface area contributed by atoms with Gasteiger partial charge in [0.15, 0.2) is 40.7 Å². The monoisotopic (exact) mass is 1810 g/mol. The number of rotatable bonds is 10. The van der Waals surface area contributed by atoms with E-state index < -0.39 is 0 Å². The lowest BCUT2D eigenvalue weighted by atomic mass is 9.87. The molecule has 20 nitrogen and oxygen atoms in total. The number of fused-ring (bicyclic) bond motifs is 25. The summed E-state index contributed by atoms with van der Waals surface area (Å²) in [6, 6.07) is 99.6. The summed E-state index contributed by atoms with van der Waals surface area (Å²) in [5, 5.41) is 0. The van der Waals surface area contributed by atoms with Crippen molar-refractivity contribution in [2.24, 2.45) is 0 Å². The van der Waals surface area contributed by atoms with E-state index in [2.05, 4.69) is 442 Å². The van der Waals surface area contributed by atoms with Crippen molar-refractivity contribution < 1.29 is 0 Å². The molecule has 5 unspecified atom stereocenters. The molecule has 20 heteroatoms. The minimum atomic E-state index is 0.0957. The van der Waals surface area contributed by atoms with Gasteiger partial charge in [-0.2, -0.15) is 0 Å². The van der Waals surface area contributed by atoms with Crippen LogP contribution in [-0.2, 0) is 32.1 Å². The van der Waals surface area contributed by atoms with Gasteiger partial charge in [-0.1, -0.05) is 245 Å². The molecule has 12 aromatic carbocycles. The van der Waals surface area contributed by atoms with Crippen LogP contribution < -0.4 is 49.0 Å². The van der Waals surface area contributed by atoms with Crippen molar-refractivity contribution in [3.05, 3.63) is 401 Å². The average molecular weight is 1810 g/mol. The number of nitrogens with zero attached hydrogens (tertiary/aromatic N) is 20. The van der Waals surface area contributed by atoms with Crippen molar-refractivity contribution in [2.45, 2.75) is 171 Å². The Morgan fingerprint density at radius 3 is 0.978 bits per heavy atom. The summed E-state index contributed by atoms with van der Waals surface area (Å²) in [6.07, 6.45) is 18.6. The maximum atomic E-state index is 5.59. The van der Waals surface area contributed by atoms with E-state index >= 15 is 0 Å². The lowest BCUT2D eigenvalue weighted by Gasteiger charge is -2.30. The minimum Gasteiger partial charge on any atom is -0.344 e. The summed E-state index contributed by atoms with van der Waals surface area (Å²) in [5.41, 5.74) is 39.0. The van der Waals surface area contributed by atoms with Gasteiger partial charge in [0.25, 0.3) is 0 Å². The SMILES string of the molecule is CC(C)N1c2cncnc2N2c3ccccc3CC21.CC(C)c1cccc(C(C)C)c1-c1cnc2c(n1)N1c3ccccc3CC1N2c1ccccc1.Cc1cc(C)c(-c2nc3c(nc2-c2c(C)cc(C)cc2C)N2c4ccccc4CC2N3c2ccccc2)c(C)c1.Cc1ccccc1N1c2cncnc2N2c3ccccc3CC12.c1ccc(N2c3cncnc3N3c4ccccc4CC23)cc1. The standard InChI is InChI=1S/C36H34N4.C30H30N4.C19H16N4.C18H14N4.C15H16N4/c1-21-16-23(3)31(24(4)17-21)33-34(32-25(5)18-22(2)19-26(32)6)38-36-35(37-33)39(28-13-8-7-9-14-28)30-20-27-12-10-11-15-29(27)40(30)36;1-19(2)23-14-10-15-24(20(3)4)28(23)25-18-31-29-30(32-25)34-26-16-9-8-11-21(26)17-27(34)33(29)22-12-6-5-7-13-22;1-13-6-2-4-8-15(13)22-17-11-20-12-21-19(17)23-16-9-5-3-7-14(16)10-18(22)23;1-2-7-14(8-3-1)21-16-11-19-12-20-18(16)22-15-9-5-4-6-13(15)10-17(21)22;1-10(2)18-13-8-16-9-17-15(13)19-12-6-4-3-5-11(12)7-14(18)19/h7-19,30H,20H2,1-6H3;5-16,18-20,27H,17H2,1-4H3;2-9,11-12,18H,10H2,1H3;1-9,11-12,17H,10H2;3-6,8-10,14H,7H2,1-2H3. The first kappa shape index (κ1) is 86.2. The van der Waals surface area contributed by atoms with Crippen LogP contribution in [0.5, 0.6) is 0 Å². The first-order valence-corrected chi connectivity index (χ1v) is 48.4. The third-order valence-corrected chi connectivity index (χ3v) is 28.8. The molecule has 0 saturated carbocycles. The maximum Gasteiger partial charge on any atom is 0.179 e. The minimum absolute atomic E-state index is 0.0957. The second kappa shape index (κ2) is 35.1. The van der Waals surface area contributed by atoms with Gasteiger partial charge in [0, 0.05) is 106 Å². The molecule has 10 aliphatic rings. The van der Waals surface area contributed by atoms with Gasteiger partial charge < -0.3 is 49.0 Å². The highest BCUT2D eigenvalue weighted by molar-refractivity contribution is 5.96. The van der Waals surface area contributed by atoms with E-state index in [0.717, 1.165) is 118 Å². The van der Waals surface area contributed by atoms with Gasteiger partial charge in [0.05, 0.1) is 41.9 Å². The predicted octanol–water partition coefficient (Wildman–Crippen LogP) is 26.7. The molecule has 5 aromatic heterocycles. The molecule has 0 bridgehead atoms. The molecule has 138 heavy (non-hydrogen) atoms. The Bertz CT molecular complexity index is 7390. The number of para-hydroxylation sites is 9. The molecule has 15 heterocycles.